The number of nitrogens with one attached hydrogen (secondary N) is 1. The molecule has 0 aliphatic carbocycles. The first kappa shape index (κ1) is 23.9. The topological polar surface area (TPSA) is 82.2 Å². The Balaban J connectivity index is 1.37. The molecule has 8 heteroatoms. The number of para-hydroxylation sites is 2. The summed E-state index contributed by atoms with van der Waals surface area (Å²) in [5.74, 6) is 2.97. The predicted molar refractivity (Wildman–Crippen MR) is 134 cm³/mol. The van der Waals surface area contributed by atoms with Gasteiger partial charge in [-0.25, -0.2) is 0 Å². The van der Waals surface area contributed by atoms with E-state index in [1.807, 2.05) is 67.6 Å². The molecule has 7 nitrogen and oxygen atoms in total. The lowest BCUT2D eigenvalue weighted by Crippen LogP contribution is -2.28. The Kier molecular flexibility index (Phi) is 7.90. The van der Waals surface area contributed by atoms with E-state index in [1.54, 1.807) is 0 Å². The van der Waals surface area contributed by atoms with Crippen LogP contribution in [0.2, 0.25) is 0 Å². The van der Waals surface area contributed by atoms with E-state index in [4.69, 9.17) is 9.15 Å². The summed E-state index contributed by atoms with van der Waals surface area (Å²) in [5.41, 5.74) is 0.816. The van der Waals surface area contributed by atoms with Crippen molar-refractivity contribution in [1.82, 2.24) is 20.1 Å². The fourth-order valence-electron chi connectivity index (χ4n) is 3.51. The molecule has 4 aromatic rings. The second-order valence-electron chi connectivity index (χ2n) is 8.60. The molecule has 0 saturated carbocycles. The zero-order chi connectivity index (χ0) is 23.9. The van der Waals surface area contributed by atoms with Gasteiger partial charge in [-0.05, 0) is 43.5 Å². The number of hydrogen-bond donors (Lipinski definition) is 1. The van der Waals surface area contributed by atoms with E-state index in [0.717, 1.165) is 46.4 Å². The van der Waals surface area contributed by atoms with Gasteiger partial charge >= 0.3 is 0 Å². The molecule has 2 aromatic carbocycles. The lowest BCUT2D eigenvalue weighted by molar-refractivity contribution is -0.119. The number of ether oxygens (including phenoxy) is 1. The Morgan fingerprint density at radius 1 is 1.09 bits per heavy atom. The highest BCUT2D eigenvalue weighted by Gasteiger charge is 2.18. The number of thioether (sulfide) groups is 1. The van der Waals surface area contributed by atoms with Crippen molar-refractivity contribution < 1.29 is 13.9 Å². The highest BCUT2D eigenvalue weighted by atomic mass is 32.2. The molecule has 2 aromatic heterocycles. The molecule has 1 N–H and O–H groups in total. The molecule has 0 saturated heterocycles. The van der Waals surface area contributed by atoms with E-state index in [0.29, 0.717) is 12.5 Å². The Bertz CT molecular complexity index is 1190. The van der Waals surface area contributed by atoms with Crippen molar-refractivity contribution in [2.45, 2.75) is 51.5 Å². The van der Waals surface area contributed by atoms with Crippen molar-refractivity contribution in [2.75, 3.05) is 5.75 Å². The van der Waals surface area contributed by atoms with Crippen LogP contribution in [-0.2, 0) is 17.9 Å². The molecule has 0 aliphatic rings. The molecule has 0 radical (unpaired) electrons. The van der Waals surface area contributed by atoms with Gasteiger partial charge in [-0.1, -0.05) is 62.0 Å². The molecule has 0 aliphatic heterocycles. The summed E-state index contributed by atoms with van der Waals surface area (Å²) in [6.45, 7) is 7.39. The lowest BCUT2D eigenvalue weighted by Gasteiger charge is -2.13. The molecule has 0 spiro atoms. The number of carbonyl (C=O) groups excluding carboxylic acids is 1. The predicted octanol–water partition coefficient (Wildman–Crippen LogP) is 5.62. The van der Waals surface area contributed by atoms with Crippen molar-refractivity contribution in [2.24, 2.45) is 5.92 Å². The van der Waals surface area contributed by atoms with Crippen LogP contribution < -0.4 is 10.1 Å². The molecular formula is C26H30N4O3S. The first-order chi connectivity index (χ1) is 16.5. The summed E-state index contributed by atoms with van der Waals surface area (Å²) in [6, 6.07) is 19.2. The lowest BCUT2D eigenvalue weighted by atomic mass is 10.1. The van der Waals surface area contributed by atoms with Gasteiger partial charge in [0.15, 0.2) is 11.0 Å². The van der Waals surface area contributed by atoms with Gasteiger partial charge in [0.25, 0.3) is 0 Å². The van der Waals surface area contributed by atoms with E-state index in [9.17, 15) is 4.79 Å². The minimum absolute atomic E-state index is 0.0848. The van der Waals surface area contributed by atoms with Crippen molar-refractivity contribution in [3.63, 3.8) is 0 Å². The van der Waals surface area contributed by atoms with Crippen LogP contribution in [-0.4, -0.2) is 26.4 Å². The monoisotopic (exact) mass is 478 g/mol. The maximum Gasteiger partial charge on any atom is 0.231 e. The van der Waals surface area contributed by atoms with E-state index >= 15 is 0 Å². The van der Waals surface area contributed by atoms with Gasteiger partial charge in [0.1, 0.15) is 23.7 Å². The zero-order valence-electron chi connectivity index (χ0n) is 19.7. The van der Waals surface area contributed by atoms with Crippen LogP contribution in [0.5, 0.6) is 5.75 Å². The Labute approximate surface area is 203 Å². The van der Waals surface area contributed by atoms with Crippen LogP contribution in [0, 0.1) is 5.92 Å². The fourth-order valence-corrected chi connectivity index (χ4v) is 4.30. The third kappa shape index (κ3) is 6.20. The number of hydrogen-bond acceptors (Lipinski definition) is 6. The number of aromatic nitrogens is 3. The number of amides is 1. The zero-order valence-corrected chi connectivity index (χ0v) is 20.5. The fraction of sp³-hybridized carbons (Fsp3) is 0.346. The second kappa shape index (κ2) is 11.2. The van der Waals surface area contributed by atoms with Crippen LogP contribution in [0.1, 0.15) is 44.8 Å². The van der Waals surface area contributed by atoms with Gasteiger partial charge in [-0.3, -0.25) is 4.79 Å². The smallest absolute Gasteiger partial charge is 0.231 e. The average Bonchev–Trinajstić information content (AvgIpc) is 3.44. The van der Waals surface area contributed by atoms with Gasteiger partial charge in [0.05, 0.1) is 11.8 Å². The molecule has 4 rings (SSSR count). The number of nitrogens with zero attached hydrogens (tertiary/aromatic N) is 3. The van der Waals surface area contributed by atoms with Crippen molar-refractivity contribution in [3.8, 4) is 5.75 Å². The van der Waals surface area contributed by atoms with Crippen LogP contribution in [0.4, 0.5) is 0 Å². The molecule has 1 atom stereocenters. The van der Waals surface area contributed by atoms with Crippen LogP contribution in [0.25, 0.3) is 11.0 Å². The van der Waals surface area contributed by atoms with Gasteiger partial charge in [0, 0.05) is 11.9 Å². The third-order valence-corrected chi connectivity index (χ3v) is 6.38. The normalized spacial score (nSPS) is 12.2. The summed E-state index contributed by atoms with van der Waals surface area (Å²) in [5, 5.41) is 13.4. The molecule has 0 bridgehead atoms. The molecule has 2 heterocycles. The Morgan fingerprint density at radius 3 is 2.62 bits per heavy atom. The largest absolute Gasteiger partial charge is 0.486 e. The molecule has 1 amide bonds. The number of benzene rings is 2. The van der Waals surface area contributed by atoms with Crippen molar-refractivity contribution in [3.05, 3.63) is 72.2 Å². The molecular weight excluding hydrogens is 448 g/mol. The summed E-state index contributed by atoms with van der Waals surface area (Å²) in [7, 11) is 0. The third-order valence-electron chi connectivity index (χ3n) is 5.42. The van der Waals surface area contributed by atoms with Crippen molar-refractivity contribution >= 4 is 28.6 Å². The SMILES string of the molecule is CC(C)CCn1c(COc2ccccc2)nnc1SCC(=O)NC(C)c1cc2ccccc2o1. The van der Waals surface area contributed by atoms with Gasteiger partial charge < -0.3 is 19.0 Å². The standard InChI is InChI=1S/C26H30N4O3S/c1-18(2)13-14-30-24(16-32-21-10-5-4-6-11-21)28-29-26(30)34-17-25(31)27-19(3)23-15-20-9-7-8-12-22(20)33-23/h4-12,15,18-19H,13-14,16-17H2,1-3H3,(H,27,31). The number of rotatable bonds is 11. The summed E-state index contributed by atoms with van der Waals surface area (Å²) < 4.78 is 13.8. The maximum absolute atomic E-state index is 12.7. The molecule has 178 valence electrons. The van der Waals surface area contributed by atoms with Crippen LogP contribution >= 0.6 is 11.8 Å². The first-order valence-corrected chi connectivity index (χ1v) is 12.5. The first-order valence-electron chi connectivity index (χ1n) is 11.5. The summed E-state index contributed by atoms with van der Waals surface area (Å²) in [4.78, 5) is 12.7. The second-order valence-corrected chi connectivity index (χ2v) is 9.54. The number of furan rings is 1. The Morgan fingerprint density at radius 2 is 1.85 bits per heavy atom. The Hall–Kier alpha value is -3.26. The van der Waals surface area contributed by atoms with Crippen LogP contribution in [0.15, 0.2) is 70.2 Å². The molecule has 0 fully saturated rings. The van der Waals surface area contributed by atoms with E-state index in [1.165, 1.54) is 11.8 Å². The summed E-state index contributed by atoms with van der Waals surface area (Å²) in [6.07, 6.45) is 0.985. The minimum atomic E-state index is -0.228. The summed E-state index contributed by atoms with van der Waals surface area (Å²) >= 11 is 1.38. The van der Waals surface area contributed by atoms with Gasteiger partial charge in [-0.15, -0.1) is 10.2 Å². The van der Waals surface area contributed by atoms with E-state index in [-0.39, 0.29) is 17.7 Å². The number of carbonyl (C=O) groups is 1. The molecule has 1 unspecified atom stereocenters. The number of fused-ring (bicyclic) bond motifs is 1. The minimum Gasteiger partial charge on any atom is -0.486 e. The quantitative estimate of drug-likeness (QED) is 0.282. The van der Waals surface area contributed by atoms with Gasteiger partial charge in [0.2, 0.25) is 5.91 Å². The average molecular weight is 479 g/mol. The van der Waals surface area contributed by atoms with Crippen molar-refractivity contribution in [1.29, 1.82) is 0 Å². The van der Waals surface area contributed by atoms with Crippen LogP contribution in [0.3, 0.4) is 0 Å². The van der Waals surface area contributed by atoms with E-state index < -0.39 is 0 Å². The van der Waals surface area contributed by atoms with E-state index in [2.05, 4.69) is 33.9 Å². The maximum atomic E-state index is 12.7. The highest BCUT2D eigenvalue weighted by molar-refractivity contribution is 7.99. The highest BCUT2D eigenvalue weighted by Crippen LogP contribution is 2.24. The van der Waals surface area contributed by atoms with Gasteiger partial charge in [-0.2, -0.15) is 0 Å². The molecule has 34 heavy (non-hydrogen) atoms.